The Morgan fingerprint density at radius 1 is 1.15 bits per heavy atom. The zero-order valence-electron chi connectivity index (χ0n) is 15.0. The lowest BCUT2D eigenvalue weighted by Crippen LogP contribution is -2.57. The highest BCUT2D eigenvalue weighted by Crippen LogP contribution is 2.27. The predicted molar refractivity (Wildman–Crippen MR) is 96.1 cm³/mol. The van der Waals surface area contributed by atoms with Crippen molar-refractivity contribution in [2.24, 2.45) is 0 Å². The largest absolute Gasteiger partial charge is 0.480 e. The van der Waals surface area contributed by atoms with Crippen LogP contribution in [0.3, 0.4) is 0 Å². The van der Waals surface area contributed by atoms with Crippen LogP contribution >= 0.6 is 0 Å². The number of hydrogen-bond acceptors (Lipinski definition) is 4. The topological polar surface area (TPSA) is 88.8 Å². The lowest BCUT2D eigenvalue weighted by atomic mass is 9.90. The fourth-order valence-electron chi connectivity index (χ4n) is 3.06. The number of amides is 1. The Hall–Kier alpha value is -2.60. The number of carbonyl (C=O) groups excluding carboxylic acids is 1. The molecule has 0 aliphatic carbocycles. The molecule has 3 rings (SSSR count). The molecule has 6 heteroatoms. The smallest absolute Gasteiger partial charge is 0.329 e. The molecular weight excluding hydrogens is 334 g/mol. The van der Waals surface area contributed by atoms with E-state index in [1.165, 1.54) is 5.56 Å². The van der Waals surface area contributed by atoms with Crippen molar-refractivity contribution in [2.75, 3.05) is 13.2 Å². The van der Waals surface area contributed by atoms with Crippen molar-refractivity contribution in [3.8, 4) is 11.3 Å². The van der Waals surface area contributed by atoms with E-state index in [2.05, 4.69) is 19.2 Å². The molecule has 0 bridgehead atoms. The van der Waals surface area contributed by atoms with Crippen molar-refractivity contribution >= 4 is 11.9 Å². The summed E-state index contributed by atoms with van der Waals surface area (Å²) in [7, 11) is 0. The first-order valence-corrected chi connectivity index (χ1v) is 8.75. The average molecular weight is 357 g/mol. The molecule has 0 spiro atoms. The molecule has 2 aromatic rings. The molecule has 0 radical (unpaired) electrons. The monoisotopic (exact) mass is 357 g/mol. The van der Waals surface area contributed by atoms with Gasteiger partial charge in [0.2, 0.25) is 0 Å². The molecular formula is C20H23NO5. The lowest BCUT2D eigenvalue weighted by molar-refractivity contribution is -0.148. The van der Waals surface area contributed by atoms with Gasteiger partial charge in [-0.2, -0.15) is 0 Å². The van der Waals surface area contributed by atoms with Crippen LogP contribution in [-0.4, -0.2) is 35.7 Å². The molecule has 0 unspecified atom stereocenters. The first kappa shape index (κ1) is 18.2. The van der Waals surface area contributed by atoms with Gasteiger partial charge in [0, 0.05) is 31.6 Å². The number of carboxylic acid groups (broad SMARTS) is 1. The predicted octanol–water partition coefficient (Wildman–Crippen LogP) is 3.43. The summed E-state index contributed by atoms with van der Waals surface area (Å²) in [6.07, 6.45) is 0.468. The molecule has 0 atom stereocenters. The van der Waals surface area contributed by atoms with Crippen LogP contribution in [0.1, 0.15) is 48.7 Å². The Bertz CT molecular complexity index is 802. The summed E-state index contributed by atoms with van der Waals surface area (Å²) in [5.74, 6) is -0.515. The second kappa shape index (κ2) is 7.33. The Morgan fingerprint density at radius 3 is 2.54 bits per heavy atom. The van der Waals surface area contributed by atoms with Gasteiger partial charge in [-0.15, -0.1) is 0 Å². The van der Waals surface area contributed by atoms with Gasteiger partial charge in [0.15, 0.2) is 5.76 Å². The standard InChI is InChI=1S/C20H23NO5/c1-13(2)14-4-3-5-15(12-14)16-6-7-17(26-16)18(22)21-20(19(23)24)8-10-25-11-9-20/h3-7,12-13H,8-11H2,1-2H3,(H,21,22)(H,23,24). The number of furan rings is 1. The molecule has 26 heavy (non-hydrogen) atoms. The van der Waals surface area contributed by atoms with Crippen LogP contribution < -0.4 is 5.32 Å². The number of ether oxygens (including phenoxy) is 1. The summed E-state index contributed by atoms with van der Waals surface area (Å²) in [4.78, 5) is 24.2. The highest BCUT2D eigenvalue weighted by atomic mass is 16.5. The number of rotatable bonds is 5. The molecule has 1 aromatic carbocycles. The van der Waals surface area contributed by atoms with Gasteiger partial charge in [-0.05, 0) is 29.7 Å². The van der Waals surface area contributed by atoms with E-state index in [1.54, 1.807) is 12.1 Å². The highest BCUT2D eigenvalue weighted by Gasteiger charge is 2.42. The van der Waals surface area contributed by atoms with Crippen LogP contribution in [-0.2, 0) is 9.53 Å². The molecule has 2 N–H and O–H groups in total. The molecule has 2 heterocycles. The zero-order valence-corrected chi connectivity index (χ0v) is 15.0. The van der Waals surface area contributed by atoms with E-state index in [9.17, 15) is 14.7 Å². The van der Waals surface area contributed by atoms with E-state index in [1.807, 2.05) is 24.3 Å². The van der Waals surface area contributed by atoms with Gasteiger partial charge < -0.3 is 19.6 Å². The maximum Gasteiger partial charge on any atom is 0.329 e. The van der Waals surface area contributed by atoms with E-state index in [0.717, 1.165) is 5.56 Å². The van der Waals surface area contributed by atoms with Crippen molar-refractivity contribution in [1.29, 1.82) is 0 Å². The summed E-state index contributed by atoms with van der Waals surface area (Å²) in [5.41, 5.74) is 0.756. The van der Waals surface area contributed by atoms with Crippen LogP contribution in [0.5, 0.6) is 0 Å². The Labute approximate surface area is 152 Å². The minimum atomic E-state index is -1.31. The van der Waals surface area contributed by atoms with E-state index in [4.69, 9.17) is 9.15 Å². The van der Waals surface area contributed by atoms with E-state index < -0.39 is 17.4 Å². The van der Waals surface area contributed by atoms with Crippen LogP contribution in [0.2, 0.25) is 0 Å². The van der Waals surface area contributed by atoms with Crippen LogP contribution in [0.25, 0.3) is 11.3 Å². The van der Waals surface area contributed by atoms with Gasteiger partial charge in [0.05, 0.1) is 0 Å². The van der Waals surface area contributed by atoms with Gasteiger partial charge in [0.1, 0.15) is 11.3 Å². The normalized spacial score (nSPS) is 16.4. The number of hydrogen-bond donors (Lipinski definition) is 2. The van der Waals surface area contributed by atoms with Crippen molar-refractivity contribution in [1.82, 2.24) is 5.32 Å². The Kier molecular flexibility index (Phi) is 5.13. The van der Waals surface area contributed by atoms with Crippen LogP contribution in [0.15, 0.2) is 40.8 Å². The van der Waals surface area contributed by atoms with Crippen LogP contribution in [0, 0.1) is 0 Å². The second-order valence-corrected chi connectivity index (χ2v) is 6.90. The third kappa shape index (κ3) is 3.65. The van der Waals surface area contributed by atoms with E-state index >= 15 is 0 Å². The third-order valence-corrected chi connectivity index (χ3v) is 4.78. The van der Waals surface area contributed by atoms with Crippen molar-refractivity contribution in [3.05, 3.63) is 47.7 Å². The molecule has 1 aliphatic heterocycles. The minimum absolute atomic E-state index is 0.0991. The Morgan fingerprint density at radius 2 is 1.88 bits per heavy atom. The number of aliphatic carboxylic acids is 1. The number of carboxylic acids is 1. The lowest BCUT2D eigenvalue weighted by Gasteiger charge is -2.33. The summed E-state index contributed by atoms with van der Waals surface area (Å²) in [5, 5.41) is 12.2. The molecule has 1 fully saturated rings. The fourth-order valence-corrected chi connectivity index (χ4v) is 3.06. The molecule has 1 aliphatic rings. The molecule has 6 nitrogen and oxygen atoms in total. The maximum absolute atomic E-state index is 12.5. The molecule has 0 saturated carbocycles. The first-order valence-electron chi connectivity index (χ1n) is 8.75. The molecule has 1 saturated heterocycles. The number of carbonyl (C=O) groups is 2. The fraction of sp³-hybridized carbons (Fsp3) is 0.400. The quantitative estimate of drug-likeness (QED) is 0.856. The zero-order chi connectivity index (χ0) is 18.7. The SMILES string of the molecule is CC(C)c1cccc(-c2ccc(C(=O)NC3(C(=O)O)CCOCC3)o2)c1. The van der Waals surface area contributed by atoms with Gasteiger partial charge in [-0.1, -0.05) is 32.0 Å². The van der Waals surface area contributed by atoms with Crippen LogP contribution in [0.4, 0.5) is 0 Å². The summed E-state index contributed by atoms with van der Waals surface area (Å²) in [6.45, 7) is 4.83. The summed E-state index contributed by atoms with van der Waals surface area (Å²) >= 11 is 0. The highest BCUT2D eigenvalue weighted by molar-refractivity contribution is 5.96. The van der Waals surface area contributed by atoms with Gasteiger partial charge in [-0.3, -0.25) is 4.79 Å². The molecule has 138 valence electrons. The molecule has 1 amide bonds. The van der Waals surface area contributed by atoms with Crippen molar-refractivity contribution in [3.63, 3.8) is 0 Å². The van der Waals surface area contributed by atoms with Gasteiger partial charge >= 0.3 is 5.97 Å². The minimum Gasteiger partial charge on any atom is -0.480 e. The van der Waals surface area contributed by atoms with E-state index in [0.29, 0.717) is 24.9 Å². The molecule has 1 aromatic heterocycles. The van der Waals surface area contributed by atoms with Crippen molar-refractivity contribution in [2.45, 2.75) is 38.1 Å². The first-order chi connectivity index (χ1) is 12.4. The third-order valence-electron chi connectivity index (χ3n) is 4.78. The average Bonchev–Trinajstić information content (AvgIpc) is 3.13. The second-order valence-electron chi connectivity index (χ2n) is 6.90. The van der Waals surface area contributed by atoms with Crippen molar-refractivity contribution < 1.29 is 23.8 Å². The number of benzene rings is 1. The van der Waals surface area contributed by atoms with Gasteiger partial charge in [-0.25, -0.2) is 4.79 Å². The summed E-state index contributed by atoms with van der Waals surface area (Å²) < 4.78 is 10.9. The summed E-state index contributed by atoms with van der Waals surface area (Å²) in [6, 6.07) is 11.3. The number of nitrogens with one attached hydrogen (secondary N) is 1. The van der Waals surface area contributed by atoms with Gasteiger partial charge in [0.25, 0.3) is 5.91 Å². The Balaban J connectivity index is 1.80. The maximum atomic E-state index is 12.5. The van der Waals surface area contributed by atoms with E-state index in [-0.39, 0.29) is 18.6 Å².